The maximum atomic E-state index is 4.46. The van der Waals surface area contributed by atoms with Crippen molar-refractivity contribution < 1.29 is 0 Å². The molecular weight excluding hydrogens is 216 g/mol. The monoisotopic (exact) mass is 232 g/mol. The van der Waals surface area contributed by atoms with Crippen LogP contribution in [0.25, 0.3) is 0 Å². The molecule has 2 rings (SSSR count). The van der Waals surface area contributed by atoms with E-state index in [2.05, 4.69) is 40.8 Å². The van der Waals surface area contributed by atoms with Crippen molar-refractivity contribution in [1.29, 1.82) is 0 Å². The highest BCUT2D eigenvalue weighted by molar-refractivity contribution is 7.10. The van der Waals surface area contributed by atoms with E-state index in [1.807, 2.05) is 13.0 Å². The normalized spacial score (nSPS) is 10.6. The topological polar surface area (TPSA) is 24.9 Å². The van der Waals surface area contributed by atoms with E-state index in [1.165, 1.54) is 10.4 Å². The quantitative estimate of drug-likeness (QED) is 0.876. The van der Waals surface area contributed by atoms with E-state index < -0.39 is 0 Å². The molecule has 0 fully saturated rings. The molecule has 0 amide bonds. The number of hydrogen-bond donors (Lipinski definition) is 1. The number of pyridine rings is 1. The molecule has 0 atom stereocenters. The summed E-state index contributed by atoms with van der Waals surface area (Å²) >= 11 is 1.80. The van der Waals surface area contributed by atoms with Gasteiger partial charge in [-0.2, -0.15) is 0 Å². The molecule has 2 nitrogen and oxygen atoms in total. The lowest BCUT2D eigenvalue weighted by atomic mass is 10.3. The van der Waals surface area contributed by atoms with Crippen molar-refractivity contribution in [1.82, 2.24) is 10.3 Å². The van der Waals surface area contributed by atoms with Crippen LogP contribution in [0.2, 0.25) is 0 Å². The number of nitrogens with one attached hydrogen (secondary N) is 1. The zero-order valence-electron chi connectivity index (χ0n) is 9.66. The third kappa shape index (κ3) is 2.90. The third-order valence-corrected chi connectivity index (χ3v) is 3.53. The lowest BCUT2D eigenvalue weighted by Crippen LogP contribution is -2.13. The molecule has 0 aromatic carbocycles. The van der Waals surface area contributed by atoms with Crippen LogP contribution in [-0.4, -0.2) is 4.98 Å². The molecule has 0 aliphatic heterocycles. The molecule has 3 heteroatoms. The van der Waals surface area contributed by atoms with Crippen LogP contribution in [0.3, 0.4) is 0 Å². The smallest absolute Gasteiger partial charge is 0.0544 e. The Morgan fingerprint density at radius 2 is 2.06 bits per heavy atom. The van der Waals surface area contributed by atoms with Gasteiger partial charge in [0.15, 0.2) is 0 Å². The maximum absolute atomic E-state index is 4.46. The third-order valence-electron chi connectivity index (χ3n) is 2.51. The fraction of sp³-hybridized carbons (Fsp3) is 0.308. The van der Waals surface area contributed by atoms with Crippen LogP contribution in [-0.2, 0) is 13.1 Å². The second-order valence-corrected chi connectivity index (χ2v) is 4.90. The molecule has 0 radical (unpaired) electrons. The first-order valence-corrected chi connectivity index (χ1v) is 6.30. The second kappa shape index (κ2) is 5.23. The predicted molar refractivity (Wildman–Crippen MR) is 68.6 cm³/mol. The van der Waals surface area contributed by atoms with Gasteiger partial charge in [0.25, 0.3) is 0 Å². The summed E-state index contributed by atoms with van der Waals surface area (Å²) in [6, 6.07) is 8.29. The Morgan fingerprint density at radius 1 is 1.19 bits per heavy atom. The van der Waals surface area contributed by atoms with Crippen LogP contribution in [0.15, 0.2) is 29.6 Å². The Kier molecular flexibility index (Phi) is 3.70. The minimum atomic E-state index is 0.832. The van der Waals surface area contributed by atoms with E-state index in [-0.39, 0.29) is 0 Å². The van der Waals surface area contributed by atoms with E-state index in [0.29, 0.717) is 0 Å². The zero-order valence-corrected chi connectivity index (χ0v) is 10.5. The van der Waals surface area contributed by atoms with Gasteiger partial charge >= 0.3 is 0 Å². The van der Waals surface area contributed by atoms with E-state index >= 15 is 0 Å². The average Bonchev–Trinajstić information content (AvgIpc) is 2.65. The number of hydrogen-bond acceptors (Lipinski definition) is 3. The Labute approximate surface area is 100 Å². The molecule has 84 valence electrons. The van der Waals surface area contributed by atoms with Crippen molar-refractivity contribution in [3.63, 3.8) is 0 Å². The minimum Gasteiger partial charge on any atom is -0.306 e. The number of aryl methyl sites for hydroxylation is 2. The fourth-order valence-corrected chi connectivity index (χ4v) is 2.46. The van der Waals surface area contributed by atoms with Crippen LogP contribution in [0.1, 0.15) is 21.8 Å². The zero-order chi connectivity index (χ0) is 11.4. The first-order chi connectivity index (χ1) is 7.75. The highest BCUT2D eigenvalue weighted by Crippen LogP contribution is 2.14. The van der Waals surface area contributed by atoms with Gasteiger partial charge in [0, 0.05) is 23.7 Å². The van der Waals surface area contributed by atoms with Crippen molar-refractivity contribution in [2.45, 2.75) is 26.9 Å². The lowest BCUT2D eigenvalue weighted by molar-refractivity contribution is 0.683. The summed E-state index contributed by atoms with van der Waals surface area (Å²) in [4.78, 5) is 5.87. The van der Waals surface area contributed by atoms with Crippen LogP contribution in [0.4, 0.5) is 0 Å². The van der Waals surface area contributed by atoms with Crippen molar-refractivity contribution >= 4 is 11.3 Å². The molecule has 0 unspecified atom stereocenters. The summed E-state index contributed by atoms with van der Waals surface area (Å²) in [7, 11) is 0. The van der Waals surface area contributed by atoms with E-state index in [4.69, 9.17) is 0 Å². The Balaban J connectivity index is 1.87. The van der Waals surface area contributed by atoms with Crippen molar-refractivity contribution in [3.8, 4) is 0 Å². The molecule has 2 aromatic heterocycles. The SMILES string of the molecule is Cc1cccc(CNCc2sccc2C)n1. The van der Waals surface area contributed by atoms with Crippen molar-refractivity contribution in [3.05, 3.63) is 51.5 Å². The van der Waals surface area contributed by atoms with Gasteiger partial charge in [-0.15, -0.1) is 11.3 Å². The number of aromatic nitrogens is 1. The Hall–Kier alpha value is -1.19. The first kappa shape index (κ1) is 11.3. The summed E-state index contributed by atoms with van der Waals surface area (Å²) in [6.45, 7) is 5.93. The largest absolute Gasteiger partial charge is 0.306 e. The molecule has 2 heterocycles. The Morgan fingerprint density at radius 3 is 2.75 bits per heavy atom. The molecule has 1 N–H and O–H groups in total. The molecular formula is C13H16N2S. The molecule has 0 aliphatic rings. The second-order valence-electron chi connectivity index (χ2n) is 3.90. The first-order valence-electron chi connectivity index (χ1n) is 5.42. The van der Waals surface area contributed by atoms with Gasteiger partial charge in [-0.1, -0.05) is 6.07 Å². The molecule has 0 aliphatic carbocycles. The molecule has 2 aromatic rings. The number of nitrogens with zero attached hydrogens (tertiary/aromatic N) is 1. The molecule has 0 bridgehead atoms. The van der Waals surface area contributed by atoms with Crippen LogP contribution in [0.5, 0.6) is 0 Å². The van der Waals surface area contributed by atoms with Gasteiger partial charge in [0.05, 0.1) is 5.69 Å². The summed E-state index contributed by atoms with van der Waals surface area (Å²) in [5, 5.41) is 5.56. The molecule has 0 saturated heterocycles. The molecule has 16 heavy (non-hydrogen) atoms. The van der Waals surface area contributed by atoms with Crippen LogP contribution in [0, 0.1) is 13.8 Å². The van der Waals surface area contributed by atoms with Gasteiger partial charge < -0.3 is 5.32 Å². The summed E-state index contributed by atoms with van der Waals surface area (Å²) < 4.78 is 0. The highest BCUT2D eigenvalue weighted by Gasteiger charge is 1.99. The van der Waals surface area contributed by atoms with Gasteiger partial charge in [-0.3, -0.25) is 4.98 Å². The molecule has 0 spiro atoms. The highest BCUT2D eigenvalue weighted by atomic mass is 32.1. The standard InChI is InChI=1S/C13H16N2S/c1-10-6-7-16-13(10)9-14-8-12-5-3-4-11(2)15-12/h3-7,14H,8-9H2,1-2H3. The van der Waals surface area contributed by atoms with Gasteiger partial charge in [0.1, 0.15) is 0 Å². The summed E-state index contributed by atoms with van der Waals surface area (Å²) in [6.07, 6.45) is 0. The summed E-state index contributed by atoms with van der Waals surface area (Å²) in [5.41, 5.74) is 3.55. The maximum Gasteiger partial charge on any atom is 0.0544 e. The van der Waals surface area contributed by atoms with Crippen molar-refractivity contribution in [2.75, 3.05) is 0 Å². The predicted octanol–water partition coefficient (Wildman–Crippen LogP) is 3.05. The van der Waals surface area contributed by atoms with Crippen LogP contribution >= 0.6 is 11.3 Å². The number of rotatable bonds is 4. The van der Waals surface area contributed by atoms with E-state index in [0.717, 1.165) is 24.5 Å². The lowest BCUT2D eigenvalue weighted by Gasteiger charge is -2.04. The van der Waals surface area contributed by atoms with Gasteiger partial charge in [-0.05, 0) is 43.0 Å². The summed E-state index contributed by atoms with van der Waals surface area (Å²) in [5.74, 6) is 0. The number of thiophene rings is 1. The average molecular weight is 232 g/mol. The van der Waals surface area contributed by atoms with E-state index in [9.17, 15) is 0 Å². The van der Waals surface area contributed by atoms with Gasteiger partial charge in [-0.25, -0.2) is 0 Å². The van der Waals surface area contributed by atoms with Crippen molar-refractivity contribution in [2.24, 2.45) is 0 Å². The Bertz CT molecular complexity index is 462. The van der Waals surface area contributed by atoms with Crippen LogP contribution < -0.4 is 5.32 Å². The fourth-order valence-electron chi connectivity index (χ4n) is 1.59. The van der Waals surface area contributed by atoms with E-state index in [1.54, 1.807) is 11.3 Å². The van der Waals surface area contributed by atoms with Gasteiger partial charge in [0.2, 0.25) is 0 Å². The minimum absolute atomic E-state index is 0.832. The molecule has 0 saturated carbocycles.